The monoisotopic (exact) mass is 116 g/mol. The molecule has 0 saturated carbocycles. The van der Waals surface area contributed by atoms with E-state index in [1.54, 1.807) is 14.0 Å². The zero-order valence-corrected chi connectivity index (χ0v) is 4.92. The highest BCUT2D eigenvalue weighted by Crippen LogP contribution is 1.74. The molecular formula is C4H8N2O2. The first kappa shape index (κ1) is 7.07. The molecule has 0 N–H and O–H groups in total. The van der Waals surface area contributed by atoms with Crippen LogP contribution in [-0.4, -0.2) is 24.2 Å². The van der Waals surface area contributed by atoms with Crippen LogP contribution in [0.5, 0.6) is 0 Å². The highest BCUT2D eigenvalue weighted by Gasteiger charge is 1.96. The van der Waals surface area contributed by atoms with E-state index < -0.39 is 4.92 Å². The first-order valence-corrected chi connectivity index (χ1v) is 2.21. The van der Waals surface area contributed by atoms with Gasteiger partial charge in [0.25, 0.3) is 0 Å². The van der Waals surface area contributed by atoms with Crippen LogP contribution < -0.4 is 0 Å². The van der Waals surface area contributed by atoms with Crippen molar-refractivity contribution in [2.24, 2.45) is 4.99 Å². The van der Waals surface area contributed by atoms with Gasteiger partial charge in [-0.05, 0) is 6.92 Å². The van der Waals surface area contributed by atoms with Gasteiger partial charge in [0, 0.05) is 12.0 Å². The van der Waals surface area contributed by atoms with E-state index in [-0.39, 0.29) is 6.54 Å². The van der Waals surface area contributed by atoms with E-state index in [2.05, 4.69) is 4.99 Å². The number of nitro groups is 1. The second kappa shape index (κ2) is 3.12. The Balaban J connectivity index is 3.56. The number of rotatable bonds is 2. The lowest BCUT2D eigenvalue weighted by Gasteiger charge is -1.87. The van der Waals surface area contributed by atoms with Crippen LogP contribution in [0.15, 0.2) is 4.99 Å². The van der Waals surface area contributed by atoms with Crippen LogP contribution >= 0.6 is 0 Å². The Kier molecular flexibility index (Phi) is 2.76. The van der Waals surface area contributed by atoms with Crippen LogP contribution in [0.2, 0.25) is 0 Å². The molecule has 0 heterocycles. The largest absolute Gasteiger partial charge is 0.291 e. The normalized spacial score (nSPS) is 11.5. The van der Waals surface area contributed by atoms with Gasteiger partial charge in [-0.25, -0.2) is 0 Å². The molecule has 8 heavy (non-hydrogen) atoms. The molecule has 0 aromatic heterocycles. The van der Waals surface area contributed by atoms with E-state index in [0.29, 0.717) is 5.71 Å². The molecule has 0 unspecified atom stereocenters. The molecule has 0 aliphatic carbocycles. The Morgan fingerprint density at radius 3 is 2.50 bits per heavy atom. The summed E-state index contributed by atoms with van der Waals surface area (Å²) >= 11 is 0. The van der Waals surface area contributed by atoms with E-state index in [9.17, 15) is 10.1 Å². The summed E-state index contributed by atoms with van der Waals surface area (Å²) in [5, 5.41) is 9.69. The second-order valence-electron chi connectivity index (χ2n) is 1.45. The maximum Gasteiger partial charge on any atom is 0.241 e. The maximum absolute atomic E-state index is 9.69. The van der Waals surface area contributed by atoms with Gasteiger partial charge in [-0.2, -0.15) is 0 Å². The number of nitrogens with zero attached hydrogens (tertiary/aromatic N) is 2. The summed E-state index contributed by atoms with van der Waals surface area (Å²) in [7, 11) is 1.54. The molecule has 0 aromatic carbocycles. The Morgan fingerprint density at radius 2 is 2.38 bits per heavy atom. The summed E-state index contributed by atoms with van der Waals surface area (Å²) < 4.78 is 0. The van der Waals surface area contributed by atoms with E-state index >= 15 is 0 Å². The van der Waals surface area contributed by atoms with Crippen molar-refractivity contribution < 1.29 is 4.92 Å². The SMILES string of the molecule is CN=C(C)C[N+](=O)[O-]. The fourth-order valence-electron chi connectivity index (χ4n) is 0.258. The molecule has 4 nitrogen and oxygen atoms in total. The third kappa shape index (κ3) is 3.27. The van der Waals surface area contributed by atoms with Gasteiger partial charge in [0.15, 0.2) is 0 Å². The molecule has 4 heteroatoms. The van der Waals surface area contributed by atoms with Crippen LogP contribution in [0.25, 0.3) is 0 Å². The minimum atomic E-state index is -0.400. The standard InChI is InChI=1S/C4H8N2O2/c1-4(5-2)3-6(7)8/h3H2,1-2H3. The predicted molar refractivity (Wildman–Crippen MR) is 30.9 cm³/mol. The van der Waals surface area contributed by atoms with Gasteiger partial charge in [0.05, 0.1) is 5.71 Å². The molecule has 0 saturated heterocycles. The van der Waals surface area contributed by atoms with Crippen molar-refractivity contribution in [2.75, 3.05) is 13.6 Å². The predicted octanol–water partition coefficient (Wildman–Crippen LogP) is 0.354. The summed E-state index contributed by atoms with van der Waals surface area (Å²) in [4.78, 5) is 12.9. The summed E-state index contributed by atoms with van der Waals surface area (Å²) in [6, 6.07) is 0. The van der Waals surface area contributed by atoms with Crippen LogP contribution in [0, 0.1) is 10.1 Å². The summed E-state index contributed by atoms with van der Waals surface area (Å²) in [5.74, 6) is 0. The topological polar surface area (TPSA) is 55.5 Å². The Labute approximate surface area is 47.4 Å². The smallest absolute Gasteiger partial charge is 0.241 e. The van der Waals surface area contributed by atoms with Crippen molar-refractivity contribution in [2.45, 2.75) is 6.92 Å². The molecule has 0 fully saturated rings. The van der Waals surface area contributed by atoms with Crippen molar-refractivity contribution >= 4 is 5.71 Å². The van der Waals surface area contributed by atoms with Crippen molar-refractivity contribution in [3.8, 4) is 0 Å². The molecule has 0 aliphatic rings. The molecule has 0 radical (unpaired) electrons. The van der Waals surface area contributed by atoms with Gasteiger partial charge < -0.3 is 0 Å². The van der Waals surface area contributed by atoms with Crippen molar-refractivity contribution in [1.82, 2.24) is 0 Å². The molecule has 0 atom stereocenters. The summed E-state index contributed by atoms with van der Waals surface area (Å²) in [5.41, 5.74) is 0.551. The molecule has 0 aliphatic heterocycles. The fraction of sp³-hybridized carbons (Fsp3) is 0.750. The molecular weight excluding hydrogens is 108 g/mol. The third-order valence-corrected chi connectivity index (χ3v) is 0.740. The Morgan fingerprint density at radius 1 is 1.88 bits per heavy atom. The van der Waals surface area contributed by atoms with Crippen LogP contribution in [0.4, 0.5) is 0 Å². The van der Waals surface area contributed by atoms with E-state index in [1.165, 1.54) is 0 Å². The molecule has 0 aromatic rings. The van der Waals surface area contributed by atoms with Gasteiger partial charge in [-0.1, -0.05) is 0 Å². The van der Waals surface area contributed by atoms with Crippen LogP contribution in [0.1, 0.15) is 6.92 Å². The number of hydrogen-bond donors (Lipinski definition) is 0. The van der Waals surface area contributed by atoms with Gasteiger partial charge in [0.2, 0.25) is 6.54 Å². The quantitative estimate of drug-likeness (QED) is 0.297. The minimum Gasteiger partial charge on any atom is -0.291 e. The van der Waals surface area contributed by atoms with Crippen molar-refractivity contribution in [3.63, 3.8) is 0 Å². The molecule has 46 valence electrons. The van der Waals surface area contributed by atoms with Crippen LogP contribution in [0.3, 0.4) is 0 Å². The fourth-order valence-corrected chi connectivity index (χ4v) is 0.258. The first-order chi connectivity index (χ1) is 3.66. The molecule has 0 rings (SSSR count). The summed E-state index contributed by atoms with van der Waals surface area (Å²) in [6.07, 6.45) is 0. The highest BCUT2D eigenvalue weighted by atomic mass is 16.6. The van der Waals surface area contributed by atoms with Crippen LogP contribution in [-0.2, 0) is 0 Å². The zero-order chi connectivity index (χ0) is 6.57. The third-order valence-electron chi connectivity index (χ3n) is 0.740. The van der Waals surface area contributed by atoms with E-state index in [1.807, 2.05) is 0 Å². The number of aliphatic imine (C=N–C) groups is 1. The Hall–Kier alpha value is -0.930. The van der Waals surface area contributed by atoms with E-state index in [4.69, 9.17) is 0 Å². The lowest BCUT2D eigenvalue weighted by Crippen LogP contribution is -2.09. The highest BCUT2D eigenvalue weighted by molar-refractivity contribution is 5.82. The van der Waals surface area contributed by atoms with Gasteiger partial charge in [-0.15, -0.1) is 0 Å². The van der Waals surface area contributed by atoms with Crippen molar-refractivity contribution in [1.29, 1.82) is 0 Å². The zero-order valence-electron chi connectivity index (χ0n) is 4.92. The maximum atomic E-state index is 9.69. The van der Waals surface area contributed by atoms with Gasteiger partial charge in [-0.3, -0.25) is 15.1 Å². The molecule has 0 amide bonds. The lowest BCUT2D eigenvalue weighted by atomic mass is 10.4. The lowest BCUT2D eigenvalue weighted by molar-refractivity contribution is -0.463. The van der Waals surface area contributed by atoms with Gasteiger partial charge >= 0.3 is 0 Å². The Bertz CT molecular complexity index is 119. The average molecular weight is 116 g/mol. The minimum absolute atomic E-state index is 0.142. The van der Waals surface area contributed by atoms with E-state index in [0.717, 1.165) is 0 Å². The number of hydrogen-bond acceptors (Lipinski definition) is 3. The molecule has 0 spiro atoms. The second-order valence-corrected chi connectivity index (χ2v) is 1.45. The first-order valence-electron chi connectivity index (χ1n) is 2.21. The van der Waals surface area contributed by atoms with Gasteiger partial charge in [0.1, 0.15) is 0 Å². The average Bonchev–Trinajstić information content (AvgIpc) is 1.65. The molecule has 0 bridgehead atoms. The summed E-state index contributed by atoms with van der Waals surface area (Å²) in [6.45, 7) is 1.49. The van der Waals surface area contributed by atoms with Crippen molar-refractivity contribution in [3.05, 3.63) is 10.1 Å².